The summed E-state index contributed by atoms with van der Waals surface area (Å²) in [5, 5.41) is 3.56. The molecular weight excluding hydrogens is 481 g/mol. The molecule has 1 fully saturated rings. The van der Waals surface area contributed by atoms with Crippen LogP contribution >= 0.6 is 0 Å². The maximum absolute atomic E-state index is 13.2. The number of hydrogen-bond donors (Lipinski definition) is 0. The molecule has 3 aromatic rings. The van der Waals surface area contributed by atoms with Gasteiger partial charge >= 0.3 is 6.18 Å². The summed E-state index contributed by atoms with van der Waals surface area (Å²) in [5.41, 5.74) is 2.04. The molecule has 1 atom stereocenters. The van der Waals surface area contributed by atoms with E-state index in [4.69, 9.17) is 0 Å². The molecule has 0 radical (unpaired) electrons. The first-order chi connectivity index (χ1) is 17.5. The predicted octanol–water partition coefficient (Wildman–Crippen LogP) is 5.45. The molecule has 9 heteroatoms. The van der Waals surface area contributed by atoms with E-state index in [2.05, 4.69) is 5.10 Å². The van der Waals surface area contributed by atoms with Crippen molar-refractivity contribution in [2.24, 2.45) is 0 Å². The number of likely N-dealkylation sites (tertiary alicyclic amines) is 1. The molecule has 0 bridgehead atoms. The van der Waals surface area contributed by atoms with E-state index < -0.39 is 11.9 Å². The molecule has 0 N–H and O–H groups in total. The lowest BCUT2D eigenvalue weighted by Crippen LogP contribution is -2.40. The second-order valence-electron chi connectivity index (χ2n) is 9.61. The Balaban J connectivity index is 1.36. The van der Waals surface area contributed by atoms with E-state index in [1.165, 1.54) is 6.92 Å². The zero-order valence-electron chi connectivity index (χ0n) is 21.2. The standard InChI is InChI=1S/C28H31F3N4O2/c1-19-16-25(28(29,30)31)32-35(19)18-26(36)34-14-12-22(13-15-34)23-10-7-11-24(17-23)27(37)33(3)20(2)21-8-5-4-6-9-21/h4-11,16-17,20,22H,12-15,18H2,1-3H3. The van der Waals surface area contributed by atoms with Crippen LogP contribution in [0.5, 0.6) is 0 Å². The second kappa shape index (κ2) is 10.8. The first-order valence-electron chi connectivity index (χ1n) is 12.4. The molecule has 1 saturated heterocycles. The van der Waals surface area contributed by atoms with Crippen LogP contribution in [0.4, 0.5) is 13.2 Å². The largest absolute Gasteiger partial charge is 0.435 e. The lowest BCUT2D eigenvalue weighted by molar-refractivity contribution is -0.142. The van der Waals surface area contributed by atoms with Gasteiger partial charge < -0.3 is 9.80 Å². The van der Waals surface area contributed by atoms with Crippen LogP contribution in [0.2, 0.25) is 0 Å². The van der Waals surface area contributed by atoms with Gasteiger partial charge in [0.05, 0.1) is 6.04 Å². The summed E-state index contributed by atoms with van der Waals surface area (Å²) < 4.78 is 39.9. The molecule has 0 aliphatic carbocycles. The average molecular weight is 513 g/mol. The number of carbonyl (C=O) groups excluding carboxylic acids is 2. The third-order valence-electron chi connectivity index (χ3n) is 7.19. The quantitative estimate of drug-likeness (QED) is 0.441. The van der Waals surface area contributed by atoms with Gasteiger partial charge in [-0.25, -0.2) is 0 Å². The molecule has 1 aliphatic rings. The minimum absolute atomic E-state index is 0.0568. The van der Waals surface area contributed by atoms with Crippen LogP contribution in [0.3, 0.4) is 0 Å². The summed E-state index contributed by atoms with van der Waals surface area (Å²) in [6.07, 6.45) is -3.11. The summed E-state index contributed by atoms with van der Waals surface area (Å²) in [7, 11) is 1.80. The molecule has 37 heavy (non-hydrogen) atoms. The first-order valence-corrected chi connectivity index (χ1v) is 12.4. The number of amides is 2. The number of alkyl halides is 3. The minimum atomic E-state index is -4.54. The van der Waals surface area contributed by atoms with Crippen molar-refractivity contribution < 1.29 is 22.8 Å². The van der Waals surface area contributed by atoms with Gasteiger partial charge in [0.15, 0.2) is 5.69 Å². The van der Waals surface area contributed by atoms with E-state index in [-0.39, 0.29) is 30.3 Å². The Labute approximate surface area is 214 Å². The van der Waals surface area contributed by atoms with Gasteiger partial charge in [0.2, 0.25) is 5.91 Å². The highest BCUT2D eigenvalue weighted by Crippen LogP contribution is 2.31. The topological polar surface area (TPSA) is 58.4 Å². The molecule has 0 saturated carbocycles. The first kappa shape index (κ1) is 26.4. The van der Waals surface area contributed by atoms with Crippen molar-refractivity contribution >= 4 is 11.8 Å². The number of nitrogens with zero attached hydrogens (tertiary/aromatic N) is 4. The minimum Gasteiger partial charge on any atom is -0.341 e. The van der Waals surface area contributed by atoms with Crippen LogP contribution in [0.15, 0.2) is 60.7 Å². The van der Waals surface area contributed by atoms with Gasteiger partial charge in [0, 0.05) is 31.4 Å². The lowest BCUT2D eigenvalue weighted by Gasteiger charge is -2.32. The maximum Gasteiger partial charge on any atom is 0.435 e. The molecule has 2 heterocycles. The van der Waals surface area contributed by atoms with Crippen LogP contribution in [-0.4, -0.2) is 51.5 Å². The summed E-state index contributed by atoms with van der Waals surface area (Å²) in [6, 6.07) is 18.4. The zero-order chi connectivity index (χ0) is 26.7. The zero-order valence-corrected chi connectivity index (χ0v) is 21.2. The van der Waals surface area contributed by atoms with E-state index in [9.17, 15) is 22.8 Å². The number of piperidine rings is 1. The number of halogens is 3. The SMILES string of the molecule is Cc1cc(C(F)(F)F)nn1CC(=O)N1CCC(c2cccc(C(=O)N(C)C(C)c3ccccc3)c2)CC1. The summed E-state index contributed by atoms with van der Waals surface area (Å²) in [6.45, 7) is 4.28. The Morgan fingerprint density at radius 1 is 1.05 bits per heavy atom. The van der Waals surface area contributed by atoms with E-state index >= 15 is 0 Å². The van der Waals surface area contributed by atoms with Crippen molar-refractivity contribution in [2.75, 3.05) is 20.1 Å². The van der Waals surface area contributed by atoms with Crippen LogP contribution in [0.25, 0.3) is 0 Å². The fraction of sp³-hybridized carbons (Fsp3) is 0.393. The van der Waals surface area contributed by atoms with Crippen molar-refractivity contribution in [3.8, 4) is 0 Å². The molecule has 1 aromatic heterocycles. The van der Waals surface area contributed by atoms with E-state index in [0.29, 0.717) is 37.2 Å². The predicted molar refractivity (Wildman–Crippen MR) is 134 cm³/mol. The smallest absolute Gasteiger partial charge is 0.341 e. The van der Waals surface area contributed by atoms with Crippen molar-refractivity contribution in [1.82, 2.24) is 19.6 Å². The second-order valence-corrected chi connectivity index (χ2v) is 9.61. The van der Waals surface area contributed by atoms with Gasteiger partial charge in [-0.15, -0.1) is 0 Å². The van der Waals surface area contributed by atoms with Crippen molar-refractivity contribution in [3.05, 3.63) is 88.7 Å². The van der Waals surface area contributed by atoms with Gasteiger partial charge in [-0.2, -0.15) is 18.3 Å². The third-order valence-corrected chi connectivity index (χ3v) is 7.19. The van der Waals surface area contributed by atoms with Crippen LogP contribution in [0, 0.1) is 6.92 Å². The summed E-state index contributed by atoms with van der Waals surface area (Å²) in [5.74, 6) is -0.116. The molecule has 1 unspecified atom stereocenters. The van der Waals surface area contributed by atoms with Crippen LogP contribution in [0.1, 0.15) is 64.6 Å². The Kier molecular flexibility index (Phi) is 7.71. The van der Waals surface area contributed by atoms with Crippen molar-refractivity contribution in [2.45, 2.75) is 51.4 Å². The van der Waals surface area contributed by atoms with Gasteiger partial charge in [0.1, 0.15) is 6.54 Å². The molecule has 2 amide bonds. The molecule has 1 aliphatic heterocycles. The van der Waals surface area contributed by atoms with Gasteiger partial charge in [0.25, 0.3) is 5.91 Å². The lowest BCUT2D eigenvalue weighted by atomic mass is 9.88. The van der Waals surface area contributed by atoms with Crippen molar-refractivity contribution in [3.63, 3.8) is 0 Å². The normalized spacial score (nSPS) is 15.5. The monoisotopic (exact) mass is 512 g/mol. The van der Waals surface area contributed by atoms with Gasteiger partial charge in [-0.3, -0.25) is 14.3 Å². The highest BCUT2D eigenvalue weighted by atomic mass is 19.4. The number of hydrogen-bond acceptors (Lipinski definition) is 3. The molecule has 196 valence electrons. The Bertz CT molecular complexity index is 1250. The molecule has 2 aromatic carbocycles. The Morgan fingerprint density at radius 2 is 1.73 bits per heavy atom. The third kappa shape index (κ3) is 6.03. The van der Waals surface area contributed by atoms with E-state index in [0.717, 1.165) is 21.9 Å². The highest BCUT2D eigenvalue weighted by Gasteiger charge is 2.35. The number of benzene rings is 2. The van der Waals surface area contributed by atoms with Gasteiger partial charge in [-0.1, -0.05) is 42.5 Å². The fourth-order valence-electron chi connectivity index (χ4n) is 4.76. The Morgan fingerprint density at radius 3 is 2.35 bits per heavy atom. The number of aryl methyl sites for hydroxylation is 1. The van der Waals surface area contributed by atoms with Crippen LogP contribution < -0.4 is 0 Å². The molecule has 6 nitrogen and oxygen atoms in total. The van der Waals surface area contributed by atoms with Crippen LogP contribution in [-0.2, 0) is 17.5 Å². The van der Waals surface area contributed by atoms with Gasteiger partial charge in [-0.05, 0) is 61.9 Å². The van der Waals surface area contributed by atoms with E-state index in [1.54, 1.807) is 16.8 Å². The fourth-order valence-corrected chi connectivity index (χ4v) is 4.76. The number of aromatic nitrogens is 2. The van der Waals surface area contributed by atoms with E-state index in [1.807, 2.05) is 61.5 Å². The molecule has 4 rings (SSSR count). The average Bonchev–Trinajstić information content (AvgIpc) is 3.28. The molecule has 0 spiro atoms. The summed E-state index contributed by atoms with van der Waals surface area (Å²) >= 11 is 0. The number of rotatable bonds is 6. The maximum atomic E-state index is 13.2. The number of carbonyl (C=O) groups is 2. The van der Waals surface area contributed by atoms with Crippen molar-refractivity contribution in [1.29, 1.82) is 0 Å². The Hall–Kier alpha value is -3.62. The molecular formula is C28H31F3N4O2. The highest BCUT2D eigenvalue weighted by molar-refractivity contribution is 5.94. The summed E-state index contributed by atoms with van der Waals surface area (Å²) in [4.78, 5) is 29.4.